The highest BCUT2D eigenvalue weighted by Gasteiger charge is 2.39. The fourth-order valence-corrected chi connectivity index (χ4v) is 7.08. The molecule has 1 amide bonds. The van der Waals surface area contributed by atoms with Crippen molar-refractivity contribution in [1.82, 2.24) is 19.0 Å². The van der Waals surface area contributed by atoms with Crippen molar-refractivity contribution >= 4 is 32.7 Å². The number of halogens is 1. The van der Waals surface area contributed by atoms with Crippen LogP contribution in [0.3, 0.4) is 0 Å². The SMILES string of the molecule is Cc1ccc(N2C(=O)CC[C@H]2c2nc3cc(-c4c(C)noc4C)ccc3n2C2CCN(S(C)(=O)=O)CC2)cc1F. The van der Waals surface area contributed by atoms with Gasteiger partial charge in [0.2, 0.25) is 15.9 Å². The van der Waals surface area contributed by atoms with Crippen molar-refractivity contribution in [2.75, 3.05) is 24.2 Å². The summed E-state index contributed by atoms with van der Waals surface area (Å²) in [4.78, 5) is 19.9. The van der Waals surface area contributed by atoms with Crippen molar-refractivity contribution in [3.05, 3.63) is 65.1 Å². The summed E-state index contributed by atoms with van der Waals surface area (Å²) in [5.74, 6) is 1.02. The second kappa shape index (κ2) is 9.81. The minimum atomic E-state index is -3.28. The molecule has 0 N–H and O–H groups in total. The third kappa shape index (κ3) is 4.50. The van der Waals surface area contributed by atoms with Gasteiger partial charge in [-0.1, -0.05) is 17.3 Å². The highest BCUT2D eigenvalue weighted by molar-refractivity contribution is 7.88. The molecule has 1 atom stereocenters. The standard InChI is InChI=1S/C29H32FN5O4S/c1-17-5-7-22(16-23(17)30)34-26(9-10-27(34)36)29-31-24-15-20(28-18(2)32-39-19(28)3)6-8-25(24)35(29)21-11-13-33(14-12-21)40(4,37)38/h5-8,15-16,21,26H,9-14H2,1-4H3/t26-/m0/s1. The van der Waals surface area contributed by atoms with Crippen molar-refractivity contribution in [1.29, 1.82) is 0 Å². The van der Waals surface area contributed by atoms with Gasteiger partial charge >= 0.3 is 0 Å². The zero-order valence-electron chi connectivity index (χ0n) is 23.0. The number of rotatable bonds is 5. The number of nitrogens with zero attached hydrogens (tertiary/aromatic N) is 5. The molecule has 0 aliphatic carbocycles. The van der Waals surface area contributed by atoms with Crippen LogP contribution in [-0.4, -0.2) is 52.7 Å². The smallest absolute Gasteiger partial charge is 0.227 e. The highest BCUT2D eigenvalue weighted by atomic mass is 32.2. The third-order valence-corrected chi connectivity index (χ3v) is 9.54. The van der Waals surface area contributed by atoms with E-state index >= 15 is 0 Å². The second-order valence-corrected chi connectivity index (χ2v) is 12.9. The van der Waals surface area contributed by atoms with Gasteiger partial charge in [-0.05, 0) is 75.4 Å². The molecule has 210 valence electrons. The first kappa shape index (κ1) is 26.6. The number of benzene rings is 2. The molecular weight excluding hydrogens is 533 g/mol. The van der Waals surface area contributed by atoms with Crippen LogP contribution in [0.5, 0.6) is 0 Å². The van der Waals surface area contributed by atoms with Crippen LogP contribution in [0, 0.1) is 26.6 Å². The van der Waals surface area contributed by atoms with Crippen LogP contribution in [0.1, 0.15) is 60.6 Å². The molecular formula is C29H32FN5O4S. The minimum absolute atomic E-state index is 0.00443. The molecule has 2 aromatic carbocycles. The fourth-order valence-electron chi connectivity index (χ4n) is 6.20. The third-order valence-electron chi connectivity index (χ3n) is 8.24. The predicted octanol–water partition coefficient (Wildman–Crippen LogP) is 5.22. The van der Waals surface area contributed by atoms with Gasteiger partial charge in [-0.15, -0.1) is 0 Å². The van der Waals surface area contributed by atoms with Gasteiger partial charge in [0.15, 0.2) is 0 Å². The lowest BCUT2D eigenvalue weighted by molar-refractivity contribution is -0.117. The summed E-state index contributed by atoms with van der Waals surface area (Å²) in [6.45, 7) is 6.30. The van der Waals surface area contributed by atoms with Crippen molar-refractivity contribution in [2.45, 2.75) is 58.5 Å². The number of amides is 1. The van der Waals surface area contributed by atoms with Gasteiger partial charge in [-0.25, -0.2) is 22.1 Å². The predicted molar refractivity (Wildman–Crippen MR) is 150 cm³/mol. The Morgan fingerprint density at radius 3 is 2.42 bits per heavy atom. The summed E-state index contributed by atoms with van der Waals surface area (Å²) >= 11 is 0. The second-order valence-electron chi connectivity index (χ2n) is 10.9. The Balaban J connectivity index is 1.48. The van der Waals surface area contributed by atoms with E-state index in [4.69, 9.17) is 9.51 Å². The Kier molecular flexibility index (Phi) is 6.53. The van der Waals surface area contributed by atoms with Crippen molar-refractivity contribution < 1.29 is 22.1 Å². The van der Waals surface area contributed by atoms with Gasteiger partial charge in [0, 0.05) is 36.8 Å². The van der Waals surface area contributed by atoms with Crippen LogP contribution in [0.25, 0.3) is 22.2 Å². The molecule has 6 rings (SSSR count). The van der Waals surface area contributed by atoms with Gasteiger partial charge in [0.05, 0.1) is 29.0 Å². The molecule has 40 heavy (non-hydrogen) atoms. The molecule has 0 bridgehead atoms. The maximum absolute atomic E-state index is 14.6. The average molecular weight is 566 g/mol. The minimum Gasteiger partial charge on any atom is -0.361 e. The van der Waals surface area contributed by atoms with Crippen LogP contribution in [0.2, 0.25) is 0 Å². The topological polar surface area (TPSA) is 102 Å². The number of imidazole rings is 1. The summed E-state index contributed by atoms with van der Waals surface area (Å²) in [5.41, 5.74) is 5.36. The molecule has 0 radical (unpaired) electrons. The quantitative estimate of drug-likeness (QED) is 0.329. The van der Waals surface area contributed by atoms with Gasteiger partial charge in [-0.3, -0.25) is 4.79 Å². The number of hydrogen-bond donors (Lipinski definition) is 0. The monoisotopic (exact) mass is 565 g/mol. The number of aryl methyl sites for hydroxylation is 3. The van der Waals surface area contributed by atoms with Crippen molar-refractivity contribution in [2.24, 2.45) is 0 Å². The maximum atomic E-state index is 14.6. The van der Waals surface area contributed by atoms with E-state index in [2.05, 4.69) is 9.72 Å². The number of aromatic nitrogens is 3. The molecule has 2 aliphatic heterocycles. The summed E-state index contributed by atoms with van der Waals surface area (Å²) < 4.78 is 48.0. The van der Waals surface area contributed by atoms with E-state index in [1.165, 1.54) is 16.6 Å². The van der Waals surface area contributed by atoms with Crippen LogP contribution in [0.15, 0.2) is 40.9 Å². The number of anilines is 1. The molecule has 4 heterocycles. The van der Waals surface area contributed by atoms with E-state index in [0.29, 0.717) is 50.0 Å². The summed E-state index contributed by atoms with van der Waals surface area (Å²) in [7, 11) is -3.28. The molecule has 0 spiro atoms. The summed E-state index contributed by atoms with van der Waals surface area (Å²) in [5, 5.41) is 4.09. The van der Waals surface area contributed by atoms with Crippen LogP contribution in [0.4, 0.5) is 10.1 Å². The molecule has 9 nitrogen and oxygen atoms in total. The summed E-state index contributed by atoms with van der Waals surface area (Å²) in [6.07, 6.45) is 3.37. The first-order valence-corrected chi connectivity index (χ1v) is 15.4. The van der Waals surface area contributed by atoms with E-state index in [0.717, 1.165) is 39.4 Å². The number of sulfonamides is 1. The number of fused-ring (bicyclic) bond motifs is 1. The van der Waals surface area contributed by atoms with E-state index in [1.807, 2.05) is 32.0 Å². The molecule has 0 unspecified atom stereocenters. The highest BCUT2D eigenvalue weighted by Crippen LogP contribution is 2.41. The molecule has 2 fully saturated rings. The number of carbonyl (C=O) groups excluding carboxylic acids is 1. The van der Waals surface area contributed by atoms with E-state index in [-0.39, 0.29) is 23.8 Å². The lowest BCUT2D eigenvalue weighted by atomic mass is 10.0. The van der Waals surface area contributed by atoms with Crippen LogP contribution in [-0.2, 0) is 14.8 Å². The average Bonchev–Trinajstić information content (AvgIpc) is 3.59. The van der Waals surface area contributed by atoms with Gasteiger partial charge in [-0.2, -0.15) is 0 Å². The maximum Gasteiger partial charge on any atom is 0.227 e. The molecule has 0 saturated carbocycles. The molecule has 2 aromatic heterocycles. The van der Waals surface area contributed by atoms with Crippen molar-refractivity contribution in [3.63, 3.8) is 0 Å². The first-order chi connectivity index (χ1) is 19.0. The van der Waals surface area contributed by atoms with Crippen molar-refractivity contribution in [3.8, 4) is 11.1 Å². The van der Waals surface area contributed by atoms with E-state index < -0.39 is 10.0 Å². The van der Waals surface area contributed by atoms with Crippen LogP contribution >= 0.6 is 0 Å². The molecule has 4 aromatic rings. The van der Waals surface area contributed by atoms with E-state index in [1.54, 1.807) is 24.0 Å². The Labute approximate surface area is 232 Å². The summed E-state index contributed by atoms with van der Waals surface area (Å²) in [6, 6.07) is 10.6. The largest absolute Gasteiger partial charge is 0.361 e. The van der Waals surface area contributed by atoms with Gasteiger partial charge < -0.3 is 14.0 Å². The lowest BCUT2D eigenvalue weighted by Gasteiger charge is -2.34. The first-order valence-electron chi connectivity index (χ1n) is 13.5. The number of piperidine rings is 1. The molecule has 11 heteroatoms. The molecule has 2 saturated heterocycles. The van der Waals surface area contributed by atoms with Gasteiger partial charge in [0.25, 0.3) is 0 Å². The molecule has 2 aliphatic rings. The van der Waals surface area contributed by atoms with Crippen LogP contribution < -0.4 is 4.90 Å². The Morgan fingerprint density at radius 1 is 1.02 bits per heavy atom. The lowest BCUT2D eigenvalue weighted by Crippen LogP contribution is -2.39. The zero-order chi connectivity index (χ0) is 28.3. The van der Waals surface area contributed by atoms with Gasteiger partial charge in [0.1, 0.15) is 17.4 Å². The Bertz CT molecular complexity index is 1720. The Morgan fingerprint density at radius 2 is 1.77 bits per heavy atom. The Hall–Kier alpha value is -3.57. The number of carbonyl (C=O) groups is 1. The number of hydrogen-bond acceptors (Lipinski definition) is 6. The fraction of sp³-hybridized carbons (Fsp3) is 0.414. The normalized spacial score (nSPS) is 19.3. The zero-order valence-corrected chi connectivity index (χ0v) is 23.8. The van der Waals surface area contributed by atoms with E-state index in [9.17, 15) is 17.6 Å².